The van der Waals surface area contributed by atoms with Crippen LogP contribution in [0.2, 0.25) is 0 Å². The van der Waals surface area contributed by atoms with Gasteiger partial charge < -0.3 is 10.2 Å². The third kappa shape index (κ3) is 2.79. The van der Waals surface area contributed by atoms with E-state index in [1.807, 2.05) is 19.1 Å². The number of aromatic nitrogens is 4. The largest absolute Gasteiger partial charge is 0.508 e. The van der Waals surface area contributed by atoms with Crippen molar-refractivity contribution in [3.8, 4) is 33.9 Å². The molecule has 0 bridgehead atoms. The predicted molar refractivity (Wildman–Crippen MR) is 112 cm³/mol. The Morgan fingerprint density at radius 2 is 1.82 bits per heavy atom. The van der Waals surface area contributed by atoms with Crippen molar-refractivity contribution in [2.75, 3.05) is 0 Å². The first-order chi connectivity index (χ1) is 13.4. The van der Waals surface area contributed by atoms with Crippen LogP contribution in [0.5, 0.6) is 11.5 Å². The molecule has 0 atom stereocenters. The number of fused-ring (bicyclic) bond motifs is 1. The Balaban J connectivity index is 1.96. The molecule has 0 aliphatic rings. The first kappa shape index (κ1) is 18.3. The molecule has 28 heavy (non-hydrogen) atoms. The molecule has 0 saturated heterocycles. The summed E-state index contributed by atoms with van der Waals surface area (Å²) >= 11 is 5.54. The minimum atomic E-state index is 0.00314. The standard InChI is InChI=1S/C21H22N4O2S/c1-4-12-8-14(18(27)10-17(12)26)20-19(21(28)24-23-20)13-6-7-15-16(9-13)25(5-2)11(3)22-15/h6-10H,4-5H2,1-3H3,(H4,23,24,26,27,28)/p+1. The maximum atomic E-state index is 10.5. The molecule has 2 aromatic heterocycles. The van der Waals surface area contributed by atoms with Gasteiger partial charge in [-0.3, -0.25) is 10.2 Å². The Kier molecular flexibility index (Phi) is 4.47. The number of aromatic amines is 3. The van der Waals surface area contributed by atoms with Crippen LogP contribution < -0.4 is 4.57 Å². The van der Waals surface area contributed by atoms with E-state index in [1.54, 1.807) is 6.07 Å². The summed E-state index contributed by atoms with van der Waals surface area (Å²) in [5, 5.41) is 26.6. The zero-order chi connectivity index (χ0) is 20.0. The number of nitrogens with zero attached hydrogens (tertiary/aromatic N) is 1. The van der Waals surface area contributed by atoms with E-state index >= 15 is 0 Å². The van der Waals surface area contributed by atoms with E-state index in [1.165, 1.54) is 6.07 Å². The highest BCUT2D eigenvalue weighted by atomic mass is 32.1. The van der Waals surface area contributed by atoms with Crippen LogP contribution in [-0.4, -0.2) is 25.4 Å². The fourth-order valence-corrected chi connectivity index (χ4v) is 4.08. The van der Waals surface area contributed by atoms with Gasteiger partial charge in [0, 0.05) is 24.1 Å². The number of aromatic hydroxyl groups is 2. The lowest BCUT2D eigenvalue weighted by Gasteiger charge is -2.10. The number of hydrogen-bond donors (Lipinski definition) is 5. The van der Waals surface area contributed by atoms with Crippen molar-refractivity contribution >= 4 is 23.3 Å². The van der Waals surface area contributed by atoms with Gasteiger partial charge in [-0.25, -0.2) is 9.55 Å². The molecule has 0 radical (unpaired) electrons. The van der Waals surface area contributed by atoms with Gasteiger partial charge in [-0.15, -0.1) is 0 Å². The maximum absolute atomic E-state index is 10.5. The van der Waals surface area contributed by atoms with Gasteiger partial charge in [0.2, 0.25) is 0 Å². The van der Waals surface area contributed by atoms with Crippen LogP contribution in [0, 0.1) is 11.6 Å². The minimum Gasteiger partial charge on any atom is -0.508 e. The summed E-state index contributed by atoms with van der Waals surface area (Å²) in [6.07, 6.45) is 0.657. The molecule has 4 aromatic rings. The van der Waals surface area contributed by atoms with E-state index < -0.39 is 0 Å². The molecule has 0 amide bonds. The first-order valence-electron chi connectivity index (χ1n) is 9.33. The van der Waals surface area contributed by atoms with Crippen LogP contribution >= 0.6 is 12.2 Å². The average Bonchev–Trinajstić information content (AvgIpc) is 3.20. The number of H-pyrrole nitrogens is 3. The molecular weight excluding hydrogens is 372 g/mol. The molecule has 5 N–H and O–H groups in total. The van der Waals surface area contributed by atoms with Gasteiger partial charge in [0.15, 0.2) is 11.0 Å². The summed E-state index contributed by atoms with van der Waals surface area (Å²) in [6.45, 7) is 6.99. The van der Waals surface area contributed by atoms with Crippen molar-refractivity contribution in [2.45, 2.75) is 33.7 Å². The van der Waals surface area contributed by atoms with Crippen LogP contribution in [0.25, 0.3) is 33.4 Å². The van der Waals surface area contributed by atoms with Crippen LogP contribution in [0.4, 0.5) is 0 Å². The molecule has 6 nitrogen and oxygen atoms in total. The summed E-state index contributed by atoms with van der Waals surface area (Å²) in [4.78, 5) is 3.40. The zero-order valence-corrected chi connectivity index (χ0v) is 16.9. The predicted octanol–water partition coefficient (Wildman–Crippen LogP) is 4.48. The highest BCUT2D eigenvalue weighted by Gasteiger charge is 2.20. The molecule has 0 aliphatic carbocycles. The molecule has 4 rings (SSSR count). The number of nitrogens with one attached hydrogen (secondary N) is 3. The number of rotatable bonds is 4. The van der Waals surface area contributed by atoms with Gasteiger partial charge in [0.25, 0.3) is 5.82 Å². The Morgan fingerprint density at radius 1 is 1.04 bits per heavy atom. The second-order valence-corrected chi connectivity index (χ2v) is 7.28. The quantitative estimate of drug-likeness (QED) is 0.261. The van der Waals surface area contributed by atoms with E-state index in [9.17, 15) is 10.2 Å². The topological polar surface area (TPSA) is 91.7 Å². The van der Waals surface area contributed by atoms with Crippen LogP contribution in [-0.2, 0) is 13.0 Å². The Morgan fingerprint density at radius 3 is 2.54 bits per heavy atom. The van der Waals surface area contributed by atoms with E-state index in [2.05, 4.69) is 39.7 Å². The molecule has 144 valence electrons. The summed E-state index contributed by atoms with van der Waals surface area (Å²) in [5.41, 5.74) is 6.01. The Labute approximate surface area is 167 Å². The number of imidazole rings is 1. The van der Waals surface area contributed by atoms with Gasteiger partial charge in [-0.2, -0.15) is 0 Å². The second kappa shape index (κ2) is 6.83. The third-order valence-corrected chi connectivity index (χ3v) is 5.55. The Hall–Kier alpha value is -3.06. The summed E-state index contributed by atoms with van der Waals surface area (Å²) in [7, 11) is 0. The van der Waals surface area contributed by atoms with Crippen LogP contribution in [0.1, 0.15) is 25.2 Å². The summed E-state index contributed by atoms with van der Waals surface area (Å²) < 4.78 is 2.78. The Bertz CT molecular complexity index is 1250. The van der Waals surface area contributed by atoms with Gasteiger partial charge in [-0.05, 0) is 48.7 Å². The number of phenolic OH excluding ortho intramolecular Hbond substituents is 2. The molecule has 7 heteroatoms. The molecule has 2 heterocycles. The van der Waals surface area contributed by atoms with Crippen molar-refractivity contribution in [2.24, 2.45) is 0 Å². The van der Waals surface area contributed by atoms with E-state index in [4.69, 9.17) is 12.2 Å². The lowest BCUT2D eigenvalue weighted by molar-refractivity contribution is -0.673. The smallest absolute Gasteiger partial charge is 0.251 e. The second-order valence-electron chi connectivity index (χ2n) is 6.87. The van der Waals surface area contributed by atoms with Gasteiger partial charge in [-0.1, -0.05) is 19.1 Å². The normalized spacial score (nSPS) is 11.4. The van der Waals surface area contributed by atoms with E-state index in [0.717, 1.165) is 40.1 Å². The molecule has 2 aromatic carbocycles. The number of benzene rings is 2. The van der Waals surface area contributed by atoms with Crippen LogP contribution in [0.15, 0.2) is 30.3 Å². The molecule has 0 spiro atoms. The molecule has 0 saturated carbocycles. The highest BCUT2D eigenvalue weighted by Crippen LogP contribution is 2.39. The lowest BCUT2D eigenvalue weighted by Crippen LogP contribution is -2.33. The van der Waals surface area contributed by atoms with Crippen molar-refractivity contribution in [3.05, 3.63) is 46.4 Å². The van der Waals surface area contributed by atoms with Gasteiger partial charge in [0.1, 0.15) is 16.1 Å². The fraction of sp³-hybridized carbons (Fsp3) is 0.238. The number of hydrogen-bond acceptors (Lipinski definition) is 3. The maximum Gasteiger partial charge on any atom is 0.251 e. The van der Waals surface area contributed by atoms with Crippen molar-refractivity contribution in [3.63, 3.8) is 0 Å². The molecular formula is C21H23N4O2S+. The van der Waals surface area contributed by atoms with Crippen molar-refractivity contribution < 1.29 is 14.8 Å². The zero-order valence-electron chi connectivity index (χ0n) is 16.1. The third-order valence-electron chi connectivity index (χ3n) is 5.24. The van der Waals surface area contributed by atoms with Crippen LogP contribution in [0.3, 0.4) is 0 Å². The van der Waals surface area contributed by atoms with Gasteiger partial charge in [0.05, 0.1) is 12.2 Å². The summed E-state index contributed by atoms with van der Waals surface area (Å²) in [6, 6.07) is 9.35. The summed E-state index contributed by atoms with van der Waals surface area (Å²) in [5.74, 6) is 1.19. The monoisotopic (exact) mass is 395 g/mol. The van der Waals surface area contributed by atoms with E-state index in [0.29, 0.717) is 22.3 Å². The highest BCUT2D eigenvalue weighted by molar-refractivity contribution is 7.71. The van der Waals surface area contributed by atoms with Gasteiger partial charge >= 0.3 is 0 Å². The molecule has 0 fully saturated rings. The SMILES string of the molecule is CCc1cc(-c2[nH][nH]c(=S)c2-c2ccc3[nH]c(C)[n+](CC)c3c2)c(O)cc1O. The lowest BCUT2D eigenvalue weighted by atomic mass is 9.98. The van der Waals surface area contributed by atoms with Crippen molar-refractivity contribution in [1.82, 2.24) is 15.2 Å². The fourth-order valence-electron chi connectivity index (χ4n) is 3.81. The minimum absolute atomic E-state index is 0.00314. The first-order valence-corrected chi connectivity index (χ1v) is 9.73. The average molecular weight is 396 g/mol. The van der Waals surface area contributed by atoms with E-state index in [-0.39, 0.29) is 11.5 Å². The number of phenols is 2. The van der Waals surface area contributed by atoms with Crippen molar-refractivity contribution in [1.29, 1.82) is 0 Å². The number of aryl methyl sites for hydroxylation is 3. The molecule has 0 unspecified atom stereocenters. The molecule has 0 aliphatic heterocycles.